The van der Waals surface area contributed by atoms with E-state index in [4.69, 9.17) is 9.47 Å². The number of nitrogens with zero attached hydrogens (tertiary/aromatic N) is 4. The molecular weight excluding hydrogens is 411 g/mol. The number of hydrogen-bond acceptors (Lipinski definition) is 5. The summed E-state index contributed by atoms with van der Waals surface area (Å²) in [7, 11) is 0. The van der Waals surface area contributed by atoms with Gasteiger partial charge in [-0.15, -0.1) is 5.10 Å². The summed E-state index contributed by atoms with van der Waals surface area (Å²) in [4.78, 5) is 14.7. The van der Waals surface area contributed by atoms with E-state index in [0.717, 1.165) is 38.5 Å². The molecule has 32 heavy (non-hydrogen) atoms. The van der Waals surface area contributed by atoms with Crippen LogP contribution in [0.1, 0.15) is 54.6 Å². The normalized spacial score (nSPS) is 21.8. The van der Waals surface area contributed by atoms with Crippen LogP contribution in [0.5, 0.6) is 0 Å². The second-order valence-corrected chi connectivity index (χ2v) is 9.49. The number of ether oxygens (including phenoxy) is 2. The van der Waals surface area contributed by atoms with Crippen molar-refractivity contribution in [2.75, 3.05) is 18.1 Å². The Hall–Kier alpha value is -2.76. The van der Waals surface area contributed by atoms with E-state index in [9.17, 15) is 9.18 Å². The molecule has 0 unspecified atom stereocenters. The Balaban J connectivity index is 1.16. The first-order valence-corrected chi connectivity index (χ1v) is 11.4. The lowest BCUT2D eigenvalue weighted by Crippen LogP contribution is -2.36. The highest BCUT2D eigenvalue weighted by atomic mass is 19.1. The lowest BCUT2D eigenvalue weighted by Gasteiger charge is -2.29. The molecule has 0 atom stereocenters. The predicted octanol–water partition coefficient (Wildman–Crippen LogP) is 3.14. The summed E-state index contributed by atoms with van der Waals surface area (Å²) in [6, 6.07) is 4.81. The van der Waals surface area contributed by atoms with Gasteiger partial charge in [0.25, 0.3) is 5.91 Å². The van der Waals surface area contributed by atoms with E-state index >= 15 is 0 Å². The van der Waals surface area contributed by atoms with Crippen LogP contribution in [0.2, 0.25) is 0 Å². The quantitative estimate of drug-likeness (QED) is 0.674. The summed E-state index contributed by atoms with van der Waals surface area (Å²) in [5.41, 5.74) is 1.31. The molecule has 3 aliphatic carbocycles. The molecule has 2 heterocycles. The topological polar surface area (TPSA) is 69.5 Å². The Morgan fingerprint density at radius 3 is 2.66 bits per heavy atom. The van der Waals surface area contributed by atoms with Crippen molar-refractivity contribution in [3.05, 3.63) is 41.5 Å². The van der Waals surface area contributed by atoms with Gasteiger partial charge in [0.15, 0.2) is 12.0 Å². The van der Waals surface area contributed by atoms with Gasteiger partial charge in [0.1, 0.15) is 5.82 Å². The number of carbonyl (C=O) groups excluding carboxylic acids is 1. The van der Waals surface area contributed by atoms with E-state index in [1.54, 1.807) is 23.0 Å². The second-order valence-electron chi connectivity index (χ2n) is 9.49. The van der Waals surface area contributed by atoms with Crippen molar-refractivity contribution >= 4 is 11.6 Å². The SMILES string of the molecule is O=C(c1cn(CC2OCC3(CC3)CO2)nn1)N(c1ccc(C#CC2CC2)cc1F)C1CC1. The van der Waals surface area contributed by atoms with Gasteiger partial charge in [0, 0.05) is 22.9 Å². The van der Waals surface area contributed by atoms with Gasteiger partial charge in [-0.25, -0.2) is 9.07 Å². The molecule has 1 aromatic carbocycles. The number of rotatable bonds is 5. The summed E-state index contributed by atoms with van der Waals surface area (Å²) in [5, 5.41) is 8.12. The highest BCUT2D eigenvalue weighted by Crippen LogP contribution is 2.48. The maximum Gasteiger partial charge on any atom is 0.280 e. The zero-order chi connectivity index (χ0) is 21.7. The van der Waals surface area contributed by atoms with E-state index in [-0.39, 0.29) is 28.7 Å². The number of amides is 1. The summed E-state index contributed by atoms with van der Waals surface area (Å²) in [5.74, 6) is 5.82. The number of carbonyl (C=O) groups is 1. The molecule has 1 amide bonds. The molecule has 1 aliphatic heterocycles. The van der Waals surface area contributed by atoms with E-state index in [0.29, 0.717) is 31.2 Å². The third-order valence-electron chi connectivity index (χ3n) is 6.54. The monoisotopic (exact) mass is 436 g/mol. The first kappa shape index (κ1) is 19.9. The van der Waals surface area contributed by atoms with Crippen molar-refractivity contribution in [3.8, 4) is 11.8 Å². The van der Waals surface area contributed by atoms with Gasteiger partial charge in [0.2, 0.25) is 0 Å². The minimum Gasteiger partial charge on any atom is -0.350 e. The molecule has 2 aromatic rings. The van der Waals surface area contributed by atoms with Crippen LogP contribution < -0.4 is 4.90 Å². The van der Waals surface area contributed by atoms with Gasteiger partial charge in [0.05, 0.1) is 31.6 Å². The van der Waals surface area contributed by atoms with E-state index in [1.165, 1.54) is 11.0 Å². The molecular formula is C24H25FN4O3. The summed E-state index contributed by atoms with van der Waals surface area (Å²) < 4.78 is 28.1. The van der Waals surface area contributed by atoms with Crippen LogP contribution in [-0.2, 0) is 16.0 Å². The fraction of sp³-hybridized carbons (Fsp3) is 0.542. The van der Waals surface area contributed by atoms with E-state index in [2.05, 4.69) is 22.2 Å². The van der Waals surface area contributed by atoms with Gasteiger partial charge in [-0.3, -0.25) is 4.79 Å². The Morgan fingerprint density at radius 1 is 1.22 bits per heavy atom. The zero-order valence-electron chi connectivity index (χ0n) is 17.8. The van der Waals surface area contributed by atoms with Crippen LogP contribution >= 0.6 is 0 Å². The van der Waals surface area contributed by atoms with Crippen molar-refractivity contribution in [2.24, 2.45) is 11.3 Å². The first-order chi connectivity index (χ1) is 15.6. The molecule has 0 N–H and O–H groups in total. The minimum atomic E-state index is -0.446. The van der Waals surface area contributed by atoms with Crippen LogP contribution in [0.3, 0.4) is 0 Å². The Labute approximate surface area is 185 Å². The fourth-order valence-electron chi connectivity index (χ4n) is 3.96. The predicted molar refractivity (Wildman–Crippen MR) is 113 cm³/mol. The van der Waals surface area contributed by atoms with Crippen molar-refractivity contribution in [1.29, 1.82) is 0 Å². The molecule has 4 aliphatic rings. The van der Waals surface area contributed by atoms with Crippen LogP contribution in [0, 0.1) is 29.0 Å². The zero-order valence-corrected chi connectivity index (χ0v) is 17.8. The smallest absolute Gasteiger partial charge is 0.280 e. The third kappa shape index (κ3) is 4.15. The number of benzene rings is 1. The maximum absolute atomic E-state index is 15.0. The molecule has 0 bridgehead atoms. The van der Waals surface area contributed by atoms with Gasteiger partial charge < -0.3 is 14.4 Å². The molecule has 7 nitrogen and oxygen atoms in total. The van der Waals surface area contributed by atoms with Crippen LogP contribution in [0.25, 0.3) is 0 Å². The van der Waals surface area contributed by atoms with E-state index in [1.807, 2.05) is 0 Å². The molecule has 0 radical (unpaired) electrons. The Kier molecular flexibility index (Phi) is 4.77. The second kappa shape index (κ2) is 7.68. The summed E-state index contributed by atoms with van der Waals surface area (Å²) in [6.45, 7) is 1.77. The molecule has 3 saturated carbocycles. The van der Waals surface area contributed by atoms with Crippen molar-refractivity contribution in [1.82, 2.24) is 15.0 Å². The standard InChI is InChI=1S/C24H25FN4O3/c25-19-11-17(4-3-16-1-2-16)5-8-21(19)29(18-6-7-18)23(30)20-12-28(27-26-20)13-22-31-14-24(9-10-24)15-32-22/h5,8,11-12,16,18,22H,1-2,6-7,9-10,13-15H2. The first-order valence-electron chi connectivity index (χ1n) is 11.4. The van der Waals surface area contributed by atoms with Crippen LogP contribution in [-0.4, -0.2) is 46.4 Å². The average Bonchev–Trinajstić information content (AvgIpc) is 3.68. The van der Waals surface area contributed by atoms with Crippen LogP contribution in [0.15, 0.2) is 24.4 Å². The minimum absolute atomic E-state index is 0.0229. The molecule has 8 heteroatoms. The highest BCUT2D eigenvalue weighted by Gasteiger charge is 2.47. The molecule has 4 fully saturated rings. The molecule has 1 saturated heterocycles. The average molecular weight is 436 g/mol. The Morgan fingerprint density at radius 2 is 2.00 bits per heavy atom. The number of anilines is 1. The van der Waals surface area contributed by atoms with Gasteiger partial charge in [-0.05, 0) is 56.7 Å². The lowest BCUT2D eigenvalue weighted by molar-refractivity contribution is -0.213. The maximum atomic E-state index is 15.0. The molecule has 166 valence electrons. The fourth-order valence-corrected chi connectivity index (χ4v) is 3.96. The van der Waals surface area contributed by atoms with Crippen molar-refractivity contribution in [3.63, 3.8) is 0 Å². The van der Waals surface area contributed by atoms with E-state index < -0.39 is 12.1 Å². The number of hydrogen-bond donors (Lipinski definition) is 0. The summed E-state index contributed by atoms with van der Waals surface area (Å²) >= 11 is 0. The van der Waals surface area contributed by atoms with Crippen LogP contribution in [0.4, 0.5) is 10.1 Å². The van der Waals surface area contributed by atoms with Gasteiger partial charge >= 0.3 is 0 Å². The Bertz CT molecular complexity index is 1100. The molecule has 1 aromatic heterocycles. The molecule has 1 spiro atoms. The largest absolute Gasteiger partial charge is 0.350 e. The van der Waals surface area contributed by atoms with Crippen molar-refractivity contribution < 1.29 is 18.7 Å². The number of halogens is 1. The third-order valence-corrected chi connectivity index (χ3v) is 6.54. The van der Waals surface area contributed by atoms with Gasteiger partial charge in [-0.2, -0.15) is 0 Å². The number of aromatic nitrogens is 3. The lowest BCUT2D eigenvalue weighted by atomic mass is 10.1. The molecule has 6 rings (SSSR count). The van der Waals surface area contributed by atoms with Gasteiger partial charge in [-0.1, -0.05) is 17.1 Å². The summed E-state index contributed by atoms with van der Waals surface area (Å²) in [6.07, 6.45) is 7.43. The highest BCUT2D eigenvalue weighted by molar-refractivity contribution is 6.05. The van der Waals surface area contributed by atoms with Crippen molar-refractivity contribution in [2.45, 2.75) is 57.4 Å².